The van der Waals surface area contributed by atoms with Gasteiger partial charge < -0.3 is 9.47 Å². The van der Waals surface area contributed by atoms with Crippen molar-refractivity contribution in [3.63, 3.8) is 0 Å². The summed E-state index contributed by atoms with van der Waals surface area (Å²) in [5, 5.41) is 0. The van der Waals surface area contributed by atoms with E-state index in [-0.39, 0.29) is 17.4 Å². The first kappa shape index (κ1) is 28.6. The minimum atomic E-state index is -0.491. The zero-order valence-electron chi connectivity index (χ0n) is 25.7. The number of ether oxygens (including phenoxy) is 2. The lowest BCUT2D eigenvalue weighted by atomic mass is 9.40. The van der Waals surface area contributed by atoms with E-state index in [2.05, 4.69) is 97.1 Å². The van der Waals surface area contributed by atoms with Crippen LogP contribution in [-0.2, 0) is 29.9 Å². The zero-order valence-corrected chi connectivity index (χ0v) is 25.7. The summed E-state index contributed by atoms with van der Waals surface area (Å²) in [7, 11) is 2.98. The summed E-state index contributed by atoms with van der Waals surface area (Å²) < 4.78 is 10.6. The highest BCUT2D eigenvalue weighted by atomic mass is 16.5. The third-order valence-corrected chi connectivity index (χ3v) is 11.3. The fourth-order valence-electron chi connectivity index (χ4n) is 9.86. The van der Waals surface area contributed by atoms with E-state index in [0.717, 1.165) is 25.7 Å². The van der Waals surface area contributed by atoms with Gasteiger partial charge in [-0.2, -0.15) is 0 Å². The first-order chi connectivity index (χ1) is 21.5. The number of methoxy groups -OCH3 is 2. The van der Waals surface area contributed by atoms with Gasteiger partial charge in [-0.05, 0) is 75.6 Å². The lowest BCUT2D eigenvalue weighted by Gasteiger charge is -2.62. The Bertz CT molecular complexity index is 1510. The molecule has 0 N–H and O–H groups in total. The number of hydrogen-bond acceptors (Lipinski definition) is 4. The number of hydrogen-bond donors (Lipinski definition) is 0. The molecule has 4 aromatic rings. The summed E-state index contributed by atoms with van der Waals surface area (Å²) in [6.07, 6.45) is 7.24. The Morgan fingerprint density at radius 3 is 1.16 bits per heavy atom. The molecule has 0 saturated heterocycles. The lowest BCUT2D eigenvalue weighted by Crippen LogP contribution is -2.59. The highest BCUT2D eigenvalue weighted by Crippen LogP contribution is 2.74. The number of esters is 2. The smallest absolute Gasteiger partial charge is 0.305 e. The van der Waals surface area contributed by atoms with Crippen LogP contribution in [0.4, 0.5) is 0 Å². The predicted molar refractivity (Wildman–Crippen MR) is 173 cm³/mol. The van der Waals surface area contributed by atoms with Gasteiger partial charge in [-0.15, -0.1) is 0 Å². The fraction of sp³-hybridized carbons (Fsp3) is 0.350. The van der Waals surface area contributed by atoms with Gasteiger partial charge in [-0.25, -0.2) is 0 Å². The van der Waals surface area contributed by atoms with Gasteiger partial charge in [0.1, 0.15) is 0 Å². The van der Waals surface area contributed by atoms with Crippen molar-refractivity contribution in [1.82, 2.24) is 0 Å². The lowest BCUT2D eigenvalue weighted by molar-refractivity contribution is -0.141. The maximum atomic E-state index is 13.1. The largest absolute Gasteiger partial charge is 0.469 e. The molecule has 1 fully saturated rings. The van der Waals surface area contributed by atoms with Crippen LogP contribution in [0.2, 0.25) is 0 Å². The van der Waals surface area contributed by atoms with Gasteiger partial charge in [0.2, 0.25) is 0 Å². The predicted octanol–water partition coefficient (Wildman–Crippen LogP) is 8.78. The first-order valence-corrected chi connectivity index (χ1v) is 16.1. The summed E-state index contributed by atoms with van der Waals surface area (Å²) in [5.74, 6) is -0.374. The molecule has 0 atom stereocenters. The summed E-state index contributed by atoms with van der Waals surface area (Å²) >= 11 is 0. The van der Waals surface area contributed by atoms with Crippen LogP contribution in [0, 0.1) is 5.41 Å². The topological polar surface area (TPSA) is 52.6 Å². The van der Waals surface area contributed by atoms with E-state index >= 15 is 0 Å². The van der Waals surface area contributed by atoms with Crippen molar-refractivity contribution in [3.8, 4) is 22.3 Å². The Morgan fingerprint density at radius 1 is 0.523 bits per heavy atom. The minimum absolute atomic E-state index is 0.187. The van der Waals surface area contributed by atoms with Gasteiger partial charge in [0.15, 0.2) is 0 Å². The van der Waals surface area contributed by atoms with Crippen LogP contribution in [0.15, 0.2) is 97.1 Å². The minimum Gasteiger partial charge on any atom is -0.469 e. The molecule has 4 nitrogen and oxygen atoms in total. The van der Waals surface area contributed by atoms with Crippen LogP contribution in [-0.4, -0.2) is 26.2 Å². The van der Waals surface area contributed by atoms with Crippen LogP contribution in [0.1, 0.15) is 80.0 Å². The van der Waals surface area contributed by atoms with Gasteiger partial charge >= 0.3 is 11.9 Å². The molecule has 0 aromatic heterocycles. The van der Waals surface area contributed by atoms with Crippen LogP contribution >= 0.6 is 0 Å². The monoisotopic (exact) mass is 584 g/mol. The van der Waals surface area contributed by atoms with Gasteiger partial charge in [-0.3, -0.25) is 9.59 Å². The Morgan fingerprint density at radius 2 is 0.841 bits per heavy atom. The van der Waals surface area contributed by atoms with E-state index in [9.17, 15) is 9.59 Å². The van der Waals surface area contributed by atoms with Crippen molar-refractivity contribution in [2.24, 2.45) is 5.41 Å². The molecule has 7 rings (SSSR count). The molecule has 0 spiro atoms. The van der Waals surface area contributed by atoms with Crippen LogP contribution in [0.25, 0.3) is 22.3 Å². The van der Waals surface area contributed by atoms with E-state index in [4.69, 9.17) is 9.47 Å². The summed E-state index contributed by atoms with van der Waals surface area (Å²) in [6, 6.07) is 35.4. The Labute approximate surface area is 260 Å². The number of carbonyl (C=O) groups is 2. The molecule has 4 heteroatoms. The van der Waals surface area contributed by atoms with Crippen molar-refractivity contribution in [2.75, 3.05) is 14.2 Å². The highest BCUT2D eigenvalue weighted by Gasteiger charge is 2.68. The summed E-state index contributed by atoms with van der Waals surface area (Å²) in [6.45, 7) is 0. The van der Waals surface area contributed by atoms with Gasteiger partial charge in [0.25, 0.3) is 0 Å². The average Bonchev–Trinajstić information content (AvgIpc) is 3.55. The quantitative estimate of drug-likeness (QED) is 0.194. The fourth-order valence-corrected chi connectivity index (χ4v) is 9.86. The van der Waals surface area contributed by atoms with Crippen LogP contribution < -0.4 is 0 Å². The third kappa shape index (κ3) is 3.82. The van der Waals surface area contributed by atoms with Gasteiger partial charge in [0.05, 0.1) is 14.2 Å². The molecule has 4 aromatic carbocycles. The summed E-state index contributed by atoms with van der Waals surface area (Å²) in [4.78, 5) is 26.2. The second kappa shape index (κ2) is 11.1. The molecule has 1 saturated carbocycles. The average molecular weight is 585 g/mol. The second-order valence-electron chi connectivity index (χ2n) is 12.8. The van der Waals surface area contributed by atoms with E-state index in [1.165, 1.54) is 65.1 Å². The van der Waals surface area contributed by atoms with E-state index < -0.39 is 10.8 Å². The molecular weight excluding hydrogens is 544 g/mol. The Balaban J connectivity index is 1.63. The first-order valence-electron chi connectivity index (χ1n) is 16.1. The van der Waals surface area contributed by atoms with Crippen molar-refractivity contribution in [3.05, 3.63) is 119 Å². The molecule has 0 radical (unpaired) electrons. The number of benzene rings is 4. The van der Waals surface area contributed by atoms with E-state index in [1.54, 1.807) is 0 Å². The number of fused-ring (bicyclic) bond motifs is 6. The molecule has 3 aliphatic rings. The normalized spacial score (nSPS) is 18.0. The maximum absolute atomic E-state index is 13.1. The van der Waals surface area contributed by atoms with Gasteiger partial charge in [0, 0.05) is 23.7 Å². The molecule has 0 aliphatic heterocycles. The standard InChI is InChI=1S/C40H40O4/c1-43-36(41)22-26-39(32-18-8-4-14-28(32)29-15-5-9-19-33(29)39)38(24-12-3-13-25-38)40(27-23-37(42)44-2)34-20-10-6-16-30(34)31-17-7-11-21-35(31)40/h4-11,14-21H,3,12-13,22-27H2,1-2H3. The molecule has 44 heavy (non-hydrogen) atoms. The SMILES string of the molecule is COC(=O)CCC1(C2(C3(CCC(=O)OC)c4ccccc4-c4ccccc43)CCCCC2)c2ccccc2-c2ccccc21. The van der Waals surface area contributed by atoms with Crippen molar-refractivity contribution in [1.29, 1.82) is 0 Å². The van der Waals surface area contributed by atoms with Crippen LogP contribution in [0.5, 0.6) is 0 Å². The van der Waals surface area contributed by atoms with Crippen molar-refractivity contribution >= 4 is 11.9 Å². The number of rotatable bonds is 8. The van der Waals surface area contributed by atoms with E-state index in [1.807, 2.05) is 0 Å². The maximum Gasteiger partial charge on any atom is 0.305 e. The van der Waals surface area contributed by atoms with Crippen molar-refractivity contribution < 1.29 is 19.1 Å². The molecule has 0 amide bonds. The molecule has 3 aliphatic carbocycles. The van der Waals surface area contributed by atoms with Crippen molar-refractivity contribution in [2.45, 2.75) is 68.6 Å². The molecule has 0 bridgehead atoms. The Hall–Kier alpha value is -4.18. The third-order valence-electron chi connectivity index (χ3n) is 11.3. The molecule has 0 unspecified atom stereocenters. The van der Waals surface area contributed by atoms with E-state index in [0.29, 0.717) is 25.7 Å². The second-order valence-corrected chi connectivity index (χ2v) is 12.8. The number of carbonyl (C=O) groups excluding carboxylic acids is 2. The molecule has 224 valence electrons. The van der Waals surface area contributed by atoms with Gasteiger partial charge in [-0.1, -0.05) is 116 Å². The highest BCUT2D eigenvalue weighted by molar-refractivity contribution is 5.86. The Kier molecular flexibility index (Phi) is 7.19. The summed E-state index contributed by atoms with van der Waals surface area (Å²) in [5.41, 5.74) is 8.87. The molecule has 0 heterocycles. The molecular formula is C40H40O4. The zero-order chi connectivity index (χ0) is 30.4. The van der Waals surface area contributed by atoms with Crippen LogP contribution in [0.3, 0.4) is 0 Å².